The highest BCUT2D eigenvalue weighted by Crippen LogP contribution is 2.17. The van der Waals surface area contributed by atoms with Gasteiger partial charge in [-0.25, -0.2) is 14.3 Å². The van der Waals surface area contributed by atoms with Gasteiger partial charge in [-0.3, -0.25) is 0 Å². The standard InChI is InChI=1S/C14H14N4O2/c15-7-9-20-11-5-3-10(4-6-11)18-13-12(17-14(18)19)2-1-8-16-13/h1-6,8H,7,9,15H2,(H,17,19). The summed E-state index contributed by atoms with van der Waals surface area (Å²) in [5.41, 5.74) is 7.22. The van der Waals surface area contributed by atoms with Crippen LogP contribution in [0.15, 0.2) is 47.4 Å². The topological polar surface area (TPSA) is 85.9 Å². The van der Waals surface area contributed by atoms with E-state index < -0.39 is 0 Å². The van der Waals surface area contributed by atoms with Crippen LogP contribution in [0.5, 0.6) is 5.75 Å². The summed E-state index contributed by atoms with van der Waals surface area (Å²) in [5.74, 6) is 0.722. The highest BCUT2D eigenvalue weighted by atomic mass is 16.5. The number of nitrogens with zero attached hydrogens (tertiary/aromatic N) is 2. The lowest BCUT2D eigenvalue weighted by Crippen LogP contribution is -2.15. The molecule has 0 aliphatic carbocycles. The van der Waals surface area contributed by atoms with Crippen LogP contribution in [-0.4, -0.2) is 27.7 Å². The summed E-state index contributed by atoms with van der Waals surface area (Å²) >= 11 is 0. The highest BCUT2D eigenvalue weighted by Gasteiger charge is 2.09. The van der Waals surface area contributed by atoms with Gasteiger partial charge in [0.2, 0.25) is 0 Å². The molecule has 0 amide bonds. The maximum Gasteiger partial charge on any atom is 0.332 e. The van der Waals surface area contributed by atoms with Crippen LogP contribution >= 0.6 is 0 Å². The van der Waals surface area contributed by atoms with E-state index in [4.69, 9.17) is 10.5 Å². The molecule has 0 spiro atoms. The Bertz CT molecular complexity index is 774. The summed E-state index contributed by atoms with van der Waals surface area (Å²) in [6.07, 6.45) is 1.66. The molecule has 6 heteroatoms. The van der Waals surface area contributed by atoms with Crippen LogP contribution in [0.25, 0.3) is 16.9 Å². The Hall–Kier alpha value is -2.60. The second-order valence-corrected chi connectivity index (χ2v) is 4.27. The van der Waals surface area contributed by atoms with Gasteiger partial charge in [-0.15, -0.1) is 0 Å². The third-order valence-electron chi connectivity index (χ3n) is 2.92. The molecule has 0 saturated carbocycles. The van der Waals surface area contributed by atoms with Gasteiger partial charge in [0.25, 0.3) is 0 Å². The van der Waals surface area contributed by atoms with Gasteiger partial charge in [0, 0.05) is 12.7 Å². The summed E-state index contributed by atoms with van der Waals surface area (Å²) < 4.78 is 6.94. The van der Waals surface area contributed by atoms with Crippen molar-refractivity contribution < 1.29 is 4.74 Å². The Kier molecular flexibility index (Phi) is 3.22. The number of aromatic nitrogens is 3. The van der Waals surface area contributed by atoms with Gasteiger partial charge in [0.1, 0.15) is 12.4 Å². The normalized spacial score (nSPS) is 10.8. The Morgan fingerprint density at radius 2 is 2.05 bits per heavy atom. The molecule has 0 unspecified atom stereocenters. The van der Waals surface area contributed by atoms with Crippen molar-refractivity contribution in [2.24, 2.45) is 5.73 Å². The molecule has 1 aromatic carbocycles. The van der Waals surface area contributed by atoms with Crippen LogP contribution in [0, 0.1) is 0 Å². The number of rotatable bonds is 4. The van der Waals surface area contributed by atoms with E-state index in [1.165, 1.54) is 4.57 Å². The summed E-state index contributed by atoms with van der Waals surface area (Å²) in [5, 5.41) is 0. The first kappa shape index (κ1) is 12.4. The lowest BCUT2D eigenvalue weighted by Gasteiger charge is -2.06. The number of nitrogens with two attached hydrogens (primary N) is 1. The molecule has 0 aliphatic rings. The van der Waals surface area contributed by atoms with Gasteiger partial charge in [0.15, 0.2) is 5.65 Å². The average Bonchev–Trinajstić information content (AvgIpc) is 2.81. The SMILES string of the molecule is NCCOc1ccc(-n2c(=O)[nH]c3cccnc32)cc1. The van der Waals surface area contributed by atoms with Gasteiger partial charge in [-0.2, -0.15) is 0 Å². The van der Waals surface area contributed by atoms with Gasteiger partial charge in [-0.05, 0) is 36.4 Å². The van der Waals surface area contributed by atoms with E-state index in [2.05, 4.69) is 9.97 Å². The lowest BCUT2D eigenvalue weighted by molar-refractivity contribution is 0.328. The molecule has 2 heterocycles. The zero-order valence-corrected chi connectivity index (χ0v) is 10.7. The number of aromatic amines is 1. The number of fused-ring (bicyclic) bond motifs is 1. The zero-order chi connectivity index (χ0) is 13.9. The largest absolute Gasteiger partial charge is 0.492 e. The van der Waals surface area contributed by atoms with Crippen LogP contribution in [-0.2, 0) is 0 Å². The molecule has 0 aliphatic heterocycles. The molecule has 0 bridgehead atoms. The van der Waals surface area contributed by atoms with E-state index in [9.17, 15) is 4.79 Å². The minimum atomic E-state index is -0.214. The molecule has 3 rings (SSSR count). The fourth-order valence-corrected chi connectivity index (χ4v) is 2.05. The van der Waals surface area contributed by atoms with E-state index in [1.54, 1.807) is 24.4 Å². The summed E-state index contributed by atoms with van der Waals surface area (Å²) in [4.78, 5) is 19.0. The number of H-pyrrole nitrogens is 1. The van der Waals surface area contributed by atoms with Gasteiger partial charge in [-0.1, -0.05) is 0 Å². The molecule has 2 aromatic heterocycles. The van der Waals surface area contributed by atoms with Crippen molar-refractivity contribution in [2.75, 3.05) is 13.2 Å². The average molecular weight is 270 g/mol. The fraction of sp³-hybridized carbons (Fsp3) is 0.143. The molecule has 3 N–H and O–H groups in total. The molecule has 0 atom stereocenters. The number of imidazole rings is 1. The predicted molar refractivity (Wildman–Crippen MR) is 76.2 cm³/mol. The van der Waals surface area contributed by atoms with Crippen LogP contribution in [0.1, 0.15) is 0 Å². The van der Waals surface area contributed by atoms with E-state index >= 15 is 0 Å². The summed E-state index contributed by atoms with van der Waals surface area (Å²) in [7, 11) is 0. The second-order valence-electron chi connectivity index (χ2n) is 4.27. The van der Waals surface area contributed by atoms with E-state index in [0.29, 0.717) is 24.3 Å². The van der Waals surface area contributed by atoms with Gasteiger partial charge < -0.3 is 15.5 Å². The van der Waals surface area contributed by atoms with Crippen molar-refractivity contribution in [3.8, 4) is 11.4 Å². The van der Waals surface area contributed by atoms with Crippen LogP contribution in [0.3, 0.4) is 0 Å². The molecule has 102 valence electrons. The molecule has 6 nitrogen and oxygen atoms in total. The number of pyridine rings is 1. The minimum Gasteiger partial charge on any atom is -0.492 e. The maximum absolute atomic E-state index is 12.0. The highest BCUT2D eigenvalue weighted by molar-refractivity contribution is 5.72. The van der Waals surface area contributed by atoms with Crippen LogP contribution < -0.4 is 16.2 Å². The first-order valence-electron chi connectivity index (χ1n) is 6.28. The molecular formula is C14H14N4O2. The quantitative estimate of drug-likeness (QED) is 0.742. The Morgan fingerprint density at radius 3 is 2.80 bits per heavy atom. The van der Waals surface area contributed by atoms with Crippen molar-refractivity contribution in [3.05, 3.63) is 53.1 Å². The predicted octanol–water partition coefficient (Wildman–Crippen LogP) is 1.05. The number of benzene rings is 1. The monoisotopic (exact) mass is 270 g/mol. The number of hydrogen-bond acceptors (Lipinski definition) is 4. The lowest BCUT2D eigenvalue weighted by atomic mass is 10.3. The van der Waals surface area contributed by atoms with Gasteiger partial charge in [0.05, 0.1) is 11.2 Å². The second kappa shape index (κ2) is 5.18. The van der Waals surface area contributed by atoms with E-state index in [0.717, 1.165) is 11.4 Å². The van der Waals surface area contributed by atoms with Crippen molar-refractivity contribution in [3.63, 3.8) is 0 Å². The third-order valence-corrected chi connectivity index (χ3v) is 2.92. The third kappa shape index (κ3) is 2.17. The minimum absolute atomic E-state index is 0.214. The van der Waals surface area contributed by atoms with Crippen molar-refractivity contribution in [1.29, 1.82) is 0 Å². The summed E-state index contributed by atoms with van der Waals surface area (Å²) in [6, 6.07) is 10.8. The Morgan fingerprint density at radius 1 is 1.25 bits per heavy atom. The van der Waals surface area contributed by atoms with Crippen molar-refractivity contribution in [2.45, 2.75) is 0 Å². The smallest absolute Gasteiger partial charge is 0.332 e. The van der Waals surface area contributed by atoms with E-state index in [-0.39, 0.29) is 5.69 Å². The Labute approximate surface area is 114 Å². The molecule has 20 heavy (non-hydrogen) atoms. The molecule has 0 radical (unpaired) electrons. The molecular weight excluding hydrogens is 256 g/mol. The first-order chi connectivity index (χ1) is 9.79. The number of hydrogen-bond donors (Lipinski definition) is 2. The van der Waals surface area contributed by atoms with E-state index in [1.807, 2.05) is 18.2 Å². The fourth-order valence-electron chi connectivity index (χ4n) is 2.05. The van der Waals surface area contributed by atoms with Crippen molar-refractivity contribution >= 4 is 11.2 Å². The first-order valence-corrected chi connectivity index (χ1v) is 6.28. The number of nitrogens with one attached hydrogen (secondary N) is 1. The summed E-state index contributed by atoms with van der Waals surface area (Å²) in [6.45, 7) is 0.932. The zero-order valence-electron chi connectivity index (χ0n) is 10.7. The molecule has 3 aromatic rings. The molecule has 0 fully saturated rings. The van der Waals surface area contributed by atoms with Crippen LogP contribution in [0.2, 0.25) is 0 Å². The maximum atomic E-state index is 12.0. The van der Waals surface area contributed by atoms with Crippen LogP contribution in [0.4, 0.5) is 0 Å². The molecule has 0 saturated heterocycles. The van der Waals surface area contributed by atoms with Gasteiger partial charge >= 0.3 is 5.69 Å². The Balaban J connectivity index is 2.03. The van der Waals surface area contributed by atoms with Crippen molar-refractivity contribution in [1.82, 2.24) is 14.5 Å². The number of ether oxygens (including phenoxy) is 1.